The first-order valence-electron chi connectivity index (χ1n) is 12.8. The van der Waals surface area contributed by atoms with Gasteiger partial charge in [-0.05, 0) is 31.7 Å². The van der Waals surface area contributed by atoms with E-state index in [1.54, 1.807) is 11.8 Å². The molecule has 4 aliphatic heterocycles. The summed E-state index contributed by atoms with van der Waals surface area (Å²) in [5.41, 5.74) is -1.48. The molecule has 4 aliphatic rings. The molecule has 2 fully saturated rings. The molecule has 5 rings (SSSR count). The Bertz CT molecular complexity index is 1080. The maximum Gasteiger partial charge on any atom is 0.313 e. The number of esters is 1. The van der Waals surface area contributed by atoms with E-state index >= 15 is 0 Å². The number of fused-ring (bicyclic) bond motifs is 2. The minimum atomic E-state index is -1.34. The van der Waals surface area contributed by atoms with Gasteiger partial charge in [-0.15, -0.1) is 0 Å². The number of benzene rings is 1. The molecule has 0 aromatic heterocycles. The van der Waals surface area contributed by atoms with Crippen molar-refractivity contribution in [2.75, 3.05) is 19.8 Å². The van der Waals surface area contributed by atoms with E-state index in [1.807, 2.05) is 61.6 Å². The molecule has 1 aromatic carbocycles. The maximum atomic E-state index is 14.2. The van der Waals surface area contributed by atoms with Gasteiger partial charge in [-0.2, -0.15) is 0 Å². The Kier molecular flexibility index (Phi) is 6.51. The zero-order chi connectivity index (χ0) is 25.5. The Morgan fingerprint density at radius 1 is 1.08 bits per heavy atom. The van der Waals surface area contributed by atoms with Crippen LogP contribution in [0.5, 0.6) is 0 Å². The summed E-state index contributed by atoms with van der Waals surface area (Å²) in [6.45, 7) is 4.38. The standard InChI is InChI=1S/C28H34N2O6/c1-3-20(18-31)30-23-25(33)29(17-19-11-6-4-7-12-19)15-10-14-28(23)21(24(30)32)22-26(34)35-16-9-5-8-13-27(22,2)36-28/h4,6-8,10-14,20-23,31H,3,5,9,15-18H2,1-2H3/b13-8-/t20-,21-,22+,23?,27-,28-/m0/s1. The monoisotopic (exact) mass is 494 g/mol. The van der Waals surface area contributed by atoms with Gasteiger partial charge in [0.2, 0.25) is 11.8 Å². The Balaban J connectivity index is 1.63. The molecule has 192 valence electrons. The molecular weight excluding hydrogens is 460 g/mol. The van der Waals surface area contributed by atoms with E-state index in [-0.39, 0.29) is 25.0 Å². The SMILES string of the molecule is CC[C@@H](CO)N1C(=O)[C@@H]2[C@@H]3C(=O)OCCC/C=C\[C@]3(C)O[C@@]23C=CCN(Cc2ccccc2)C(=O)C13. The lowest BCUT2D eigenvalue weighted by atomic mass is 9.74. The molecule has 0 bridgehead atoms. The van der Waals surface area contributed by atoms with Crippen LogP contribution >= 0.6 is 0 Å². The highest BCUT2D eigenvalue weighted by Gasteiger charge is 2.75. The molecule has 4 heterocycles. The van der Waals surface area contributed by atoms with E-state index < -0.39 is 41.1 Å². The van der Waals surface area contributed by atoms with Gasteiger partial charge in [-0.1, -0.05) is 61.6 Å². The quantitative estimate of drug-likeness (QED) is 0.498. The van der Waals surface area contributed by atoms with Gasteiger partial charge in [-0.3, -0.25) is 14.4 Å². The van der Waals surface area contributed by atoms with Crippen LogP contribution in [-0.2, 0) is 30.4 Å². The molecule has 8 nitrogen and oxygen atoms in total. The third kappa shape index (κ3) is 3.78. The van der Waals surface area contributed by atoms with Crippen molar-refractivity contribution in [3.8, 4) is 0 Å². The number of nitrogens with zero attached hydrogens (tertiary/aromatic N) is 2. The minimum Gasteiger partial charge on any atom is -0.465 e. The van der Waals surface area contributed by atoms with Crippen LogP contribution in [0.15, 0.2) is 54.6 Å². The summed E-state index contributed by atoms with van der Waals surface area (Å²) in [6, 6.07) is 8.12. The Morgan fingerprint density at radius 3 is 2.58 bits per heavy atom. The molecule has 0 radical (unpaired) electrons. The Morgan fingerprint density at radius 2 is 1.86 bits per heavy atom. The summed E-state index contributed by atoms with van der Waals surface area (Å²) in [5, 5.41) is 10.2. The molecule has 8 heteroatoms. The number of carbonyl (C=O) groups excluding carboxylic acids is 3. The number of hydrogen-bond acceptors (Lipinski definition) is 6. The molecule has 1 N–H and O–H groups in total. The van der Waals surface area contributed by atoms with E-state index in [1.165, 1.54) is 4.90 Å². The van der Waals surface area contributed by atoms with Crippen LogP contribution in [0.1, 0.15) is 38.7 Å². The Labute approximate surface area is 211 Å². The molecule has 1 aromatic rings. The third-order valence-electron chi connectivity index (χ3n) is 8.06. The van der Waals surface area contributed by atoms with E-state index in [2.05, 4.69) is 0 Å². The van der Waals surface area contributed by atoms with Crippen LogP contribution in [0.25, 0.3) is 0 Å². The number of cyclic esters (lactones) is 1. The van der Waals surface area contributed by atoms with Crippen molar-refractivity contribution in [3.05, 3.63) is 60.2 Å². The van der Waals surface area contributed by atoms with Gasteiger partial charge in [-0.25, -0.2) is 0 Å². The van der Waals surface area contributed by atoms with Crippen LogP contribution < -0.4 is 0 Å². The largest absolute Gasteiger partial charge is 0.465 e. The molecule has 6 atom stereocenters. The highest BCUT2D eigenvalue weighted by molar-refractivity contribution is 5.99. The first-order valence-corrected chi connectivity index (χ1v) is 12.8. The topological polar surface area (TPSA) is 96.4 Å². The number of hydrogen-bond donors (Lipinski definition) is 1. The number of aliphatic hydroxyl groups is 1. The number of allylic oxidation sites excluding steroid dienone is 1. The summed E-state index contributed by atoms with van der Waals surface area (Å²) >= 11 is 0. The van der Waals surface area contributed by atoms with Gasteiger partial charge in [0.25, 0.3) is 0 Å². The van der Waals surface area contributed by atoms with Crippen LogP contribution in [0.4, 0.5) is 0 Å². The predicted molar refractivity (Wildman–Crippen MR) is 131 cm³/mol. The summed E-state index contributed by atoms with van der Waals surface area (Å²) in [6.07, 6.45) is 9.40. The van der Waals surface area contributed by atoms with E-state index in [0.29, 0.717) is 25.9 Å². The van der Waals surface area contributed by atoms with Gasteiger partial charge in [0.05, 0.1) is 30.8 Å². The van der Waals surface area contributed by atoms with Gasteiger partial charge in [0, 0.05) is 13.1 Å². The number of carbonyl (C=O) groups is 3. The normalized spacial score (nSPS) is 35.6. The lowest BCUT2D eigenvalue weighted by molar-refractivity contribution is -0.161. The van der Waals surface area contributed by atoms with Crippen molar-refractivity contribution >= 4 is 17.8 Å². The maximum absolute atomic E-state index is 14.2. The fourth-order valence-electron chi connectivity index (χ4n) is 6.37. The minimum absolute atomic E-state index is 0.251. The third-order valence-corrected chi connectivity index (χ3v) is 8.06. The summed E-state index contributed by atoms with van der Waals surface area (Å²) in [5.74, 6) is -2.91. The summed E-state index contributed by atoms with van der Waals surface area (Å²) in [7, 11) is 0. The second-order valence-electron chi connectivity index (χ2n) is 10.3. The lowest BCUT2D eigenvalue weighted by Gasteiger charge is -2.40. The number of rotatable bonds is 5. The van der Waals surface area contributed by atoms with Gasteiger partial charge < -0.3 is 24.4 Å². The highest BCUT2D eigenvalue weighted by atomic mass is 16.6. The number of likely N-dealkylation sites (tertiary alicyclic amines) is 1. The number of aliphatic hydroxyl groups excluding tert-OH is 1. The van der Waals surface area contributed by atoms with E-state index in [4.69, 9.17) is 9.47 Å². The molecule has 36 heavy (non-hydrogen) atoms. The van der Waals surface area contributed by atoms with Crippen molar-refractivity contribution in [2.24, 2.45) is 11.8 Å². The van der Waals surface area contributed by atoms with Crippen LogP contribution in [0.3, 0.4) is 0 Å². The zero-order valence-corrected chi connectivity index (χ0v) is 20.8. The molecular formula is C28H34N2O6. The van der Waals surface area contributed by atoms with Crippen LogP contribution in [-0.4, -0.2) is 75.7 Å². The molecule has 1 unspecified atom stereocenters. The van der Waals surface area contributed by atoms with Gasteiger partial charge in [0.15, 0.2) is 0 Å². The summed E-state index contributed by atoms with van der Waals surface area (Å²) in [4.78, 5) is 45.0. The second kappa shape index (κ2) is 9.48. The van der Waals surface area contributed by atoms with Crippen molar-refractivity contribution in [1.29, 1.82) is 0 Å². The first-order chi connectivity index (χ1) is 17.4. The molecule has 2 amide bonds. The second-order valence-corrected chi connectivity index (χ2v) is 10.3. The van der Waals surface area contributed by atoms with Crippen LogP contribution in [0.2, 0.25) is 0 Å². The van der Waals surface area contributed by atoms with E-state index in [0.717, 1.165) is 12.0 Å². The van der Waals surface area contributed by atoms with Crippen molar-refractivity contribution in [1.82, 2.24) is 9.80 Å². The molecule has 0 aliphatic carbocycles. The van der Waals surface area contributed by atoms with Crippen molar-refractivity contribution in [2.45, 2.75) is 62.9 Å². The fourth-order valence-corrected chi connectivity index (χ4v) is 6.37. The Hall–Kier alpha value is -2.97. The average Bonchev–Trinajstić information content (AvgIpc) is 3.22. The average molecular weight is 495 g/mol. The van der Waals surface area contributed by atoms with Crippen molar-refractivity contribution < 1.29 is 29.0 Å². The highest BCUT2D eigenvalue weighted by Crippen LogP contribution is 2.57. The first kappa shape index (κ1) is 24.7. The zero-order valence-electron chi connectivity index (χ0n) is 20.8. The van der Waals surface area contributed by atoms with Crippen molar-refractivity contribution in [3.63, 3.8) is 0 Å². The molecule has 1 spiro atoms. The lowest BCUT2D eigenvalue weighted by Crippen LogP contribution is -2.58. The summed E-state index contributed by atoms with van der Waals surface area (Å²) < 4.78 is 12.3. The predicted octanol–water partition coefficient (Wildman–Crippen LogP) is 2.22. The van der Waals surface area contributed by atoms with E-state index in [9.17, 15) is 19.5 Å². The fraction of sp³-hybridized carbons (Fsp3) is 0.536. The number of amides is 2. The number of ether oxygens (including phenoxy) is 2. The molecule has 0 saturated carbocycles. The molecule has 2 saturated heterocycles. The smallest absolute Gasteiger partial charge is 0.313 e. The van der Waals surface area contributed by atoms with Gasteiger partial charge in [0.1, 0.15) is 17.6 Å². The van der Waals surface area contributed by atoms with Crippen LogP contribution in [0, 0.1) is 11.8 Å². The van der Waals surface area contributed by atoms with Gasteiger partial charge >= 0.3 is 5.97 Å².